The lowest BCUT2D eigenvalue weighted by Gasteiger charge is -2.43. The van der Waals surface area contributed by atoms with Crippen molar-refractivity contribution in [3.63, 3.8) is 0 Å². The summed E-state index contributed by atoms with van der Waals surface area (Å²) in [5.41, 5.74) is 1.93. The van der Waals surface area contributed by atoms with E-state index in [0.717, 1.165) is 16.9 Å². The normalized spacial score (nSPS) is 16.6. The van der Waals surface area contributed by atoms with Crippen LogP contribution in [-0.2, 0) is 16.1 Å². The predicted octanol–water partition coefficient (Wildman–Crippen LogP) is 4.02. The Kier molecular flexibility index (Phi) is 7.31. The number of benzene rings is 3. The van der Waals surface area contributed by atoms with Crippen molar-refractivity contribution in [3.8, 4) is 0 Å². The minimum atomic E-state index is -0.789. The minimum absolute atomic E-state index is 0.0193. The van der Waals surface area contributed by atoms with Gasteiger partial charge in [0.15, 0.2) is 0 Å². The van der Waals surface area contributed by atoms with Crippen LogP contribution in [0.1, 0.15) is 18.4 Å². The van der Waals surface area contributed by atoms with E-state index in [2.05, 4.69) is 10.2 Å². The van der Waals surface area contributed by atoms with Gasteiger partial charge in [0.1, 0.15) is 12.1 Å². The molecule has 2 heterocycles. The van der Waals surface area contributed by atoms with Gasteiger partial charge >= 0.3 is 6.03 Å². The smallest absolute Gasteiger partial charge is 0.321 e. The summed E-state index contributed by atoms with van der Waals surface area (Å²) >= 11 is 0. The Morgan fingerprint density at radius 2 is 1.45 bits per heavy atom. The van der Waals surface area contributed by atoms with Crippen LogP contribution in [0.15, 0.2) is 91.0 Å². The summed E-state index contributed by atoms with van der Waals surface area (Å²) in [5.74, 6) is -0.155. The van der Waals surface area contributed by atoms with Gasteiger partial charge in [-0.1, -0.05) is 66.7 Å². The topological polar surface area (TPSA) is 76.2 Å². The van der Waals surface area contributed by atoms with Crippen LogP contribution in [0, 0.1) is 0 Å². The van der Waals surface area contributed by atoms with Crippen molar-refractivity contribution in [2.75, 3.05) is 43.6 Å². The first-order valence-electron chi connectivity index (χ1n) is 13.0. The standard InChI is InChI=1S/C30H33N5O3/c1-32(21-24-11-5-2-6-12-24)27(36)22-34-23-35(26-15-9-4-10-16-26)30(28(34)37)17-19-33(20-18-30)29(38)31-25-13-7-3-8-14-25/h2-16H,17-23H2,1H3,(H,31,38). The van der Waals surface area contributed by atoms with Crippen LogP contribution in [0.3, 0.4) is 0 Å². The molecule has 0 saturated carbocycles. The van der Waals surface area contributed by atoms with Gasteiger partial charge < -0.3 is 24.9 Å². The van der Waals surface area contributed by atoms with Crippen LogP contribution in [0.5, 0.6) is 0 Å². The second kappa shape index (κ2) is 11.0. The minimum Gasteiger partial charge on any atom is -0.340 e. The molecule has 3 aromatic rings. The maximum atomic E-state index is 13.9. The molecule has 8 heteroatoms. The molecular formula is C30H33N5O3. The first-order chi connectivity index (χ1) is 18.5. The highest BCUT2D eigenvalue weighted by atomic mass is 16.2. The number of hydrogen-bond acceptors (Lipinski definition) is 4. The van der Waals surface area contributed by atoms with E-state index in [-0.39, 0.29) is 24.4 Å². The molecule has 196 valence electrons. The average Bonchev–Trinajstić information content (AvgIpc) is 3.21. The molecule has 0 bridgehead atoms. The summed E-state index contributed by atoms with van der Waals surface area (Å²) < 4.78 is 0. The van der Waals surface area contributed by atoms with Crippen molar-refractivity contribution in [1.82, 2.24) is 14.7 Å². The molecule has 2 aliphatic rings. The molecular weight excluding hydrogens is 478 g/mol. The Morgan fingerprint density at radius 1 is 0.868 bits per heavy atom. The van der Waals surface area contributed by atoms with Crippen LogP contribution < -0.4 is 10.2 Å². The van der Waals surface area contributed by atoms with Crippen molar-refractivity contribution >= 4 is 29.2 Å². The number of rotatable bonds is 6. The summed E-state index contributed by atoms with van der Waals surface area (Å²) in [6.07, 6.45) is 0.987. The first-order valence-corrected chi connectivity index (χ1v) is 13.0. The Balaban J connectivity index is 1.29. The van der Waals surface area contributed by atoms with E-state index in [4.69, 9.17) is 0 Å². The van der Waals surface area contributed by atoms with Crippen LogP contribution in [0.4, 0.5) is 16.2 Å². The third-order valence-corrected chi connectivity index (χ3v) is 7.50. The van der Waals surface area contributed by atoms with E-state index >= 15 is 0 Å². The second-order valence-electron chi connectivity index (χ2n) is 9.96. The molecule has 0 aromatic heterocycles. The molecule has 3 aromatic carbocycles. The van der Waals surface area contributed by atoms with E-state index in [0.29, 0.717) is 39.1 Å². The van der Waals surface area contributed by atoms with Crippen molar-refractivity contribution in [2.45, 2.75) is 24.9 Å². The Bertz CT molecular complexity index is 1260. The molecule has 1 spiro atoms. The average molecular weight is 512 g/mol. The number of hydrogen-bond donors (Lipinski definition) is 1. The molecule has 0 atom stereocenters. The highest BCUT2D eigenvalue weighted by molar-refractivity contribution is 5.97. The number of amides is 4. The number of likely N-dealkylation sites (tertiary alicyclic amines) is 1. The fourth-order valence-corrected chi connectivity index (χ4v) is 5.36. The van der Waals surface area contributed by atoms with Gasteiger partial charge in [0.2, 0.25) is 5.91 Å². The van der Waals surface area contributed by atoms with E-state index in [1.165, 1.54) is 0 Å². The zero-order valence-corrected chi connectivity index (χ0v) is 21.6. The third-order valence-electron chi connectivity index (χ3n) is 7.50. The van der Waals surface area contributed by atoms with E-state index < -0.39 is 5.54 Å². The fraction of sp³-hybridized carbons (Fsp3) is 0.300. The van der Waals surface area contributed by atoms with Crippen molar-refractivity contribution in [2.24, 2.45) is 0 Å². The molecule has 8 nitrogen and oxygen atoms in total. The maximum Gasteiger partial charge on any atom is 0.321 e. The van der Waals surface area contributed by atoms with E-state index in [1.807, 2.05) is 91.0 Å². The first kappa shape index (κ1) is 25.3. The predicted molar refractivity (Wildman–Crippen MR) is 147 cm³/mol. The summed E-state index contributed by atoms with van der Waals surface area (Å²) in [5, 5.41) is 2.94. The van der Waals surface area contributed by atoms with Crippen molar-refractivity contribution < 1.29 is 14.4 Å². The molecule has 2 aliphatic heterocycles. The van der Waals surface area contributed by atoms with Gasteiger partial charge in [0, 0.05) is 38.1 Å². The van der Waals surface area contributed by atoms with Gasteiger partial charge in [0.05, 0.1) is 6.67 Å². The van der Waals surface area contributed by atoms with Gasteiger partial charge in [-0.15, -0.1) is 0 Å². The molecule has 5 rings (SSSR count). The highest BCUT2D eigenvalue weighted by Crippen LogP contribution is 2.39. The largest absolute Gasteiger partial charge is 0.340 e. The molecule has 0 radical (unpaired) electrons. The zero-order chi connectivity index (χ0) is 26.5. The molecule has 0 unspecified atom stereocenters. The van der Waals surface area contributed by atoms with Crippen LogP contribution in [0.2, 0.25) is 0 Å². The molecule has 38 heavy (non-hydrogen) atoms. The lowest BCUT2D eigenvalue weighted by Crippen LogP contribution is -2.58. The lowest BCUT2D eigenvalue weighted by molar-refractivity contribution is -0.140. The molecule has 4 amide bonds. The number of carbonyl (C=O) groups is 3. The highest BCUT2D eigenvalue weighted by Gasteiger charge is 2.54. The lowest BCUT2D eigenvalue weighted by atomic mass is 9.85. The fourth-order valence-electron chi connectivity index (χ4n) is 5.36. The molecule has 0 aliphatic carbocycles. The van der Waals surface area contributed by atoms with Crippen LogP contribution in [0.25, 0.3) is 0 Å². The molecule has 2 fully saturated rings. The zero-order valence-electron chi connectivity index (χ0n) is 21.6. The van der Waals surface area contributed by atoms with Crippen LogP contribution >= 0.6 is 0 Å². The second-order valence-corrected chi connectivity index (χ2v) is 9.96. The van der Waals surface area contributed by atoms with Crippen molar-refractivity contribution in [1.29, 1.82) is 0 Å². The summed E-state index contributed by atoms with van der Waals surface area (Å²) in [6.45, 7) is 1.74. The van der Waals surface area contributed by atoms with Gasteiger partial charge in [0.25, 0.3) is 5.91 Å². The van der Waals surface area contributed by atoms with Crippen LogP contribution in [-0.4, -0.2) is 71.4 Å². The monoisotopic (exact) mass is 511 g/mol. The number of anilines is 2. The van der Waals surface area contributed by atoms with E-state index in [9.17, 15) is 14.4 Å². The number of urea groups is 1. The van der Waals surface area contributed by atoms with Gasteiger partial charge in [-0.25, -0.2) is 4.79 Å². The maximum absolute atomic E-state index is 13.9. The van der Waals surface area contributed by atoms with Crippen molar-refractivity contribution in [3.05, 3.63) is 96.6 Å². The molecule has 1 N–H and O–H groups in total. The number of nitrogens with zero attached hydrogens (tertiary/aromatic N) is 4. The van der Waals surface area contributed by atoms with E-state index in [1.54, 1.807) is 21.7 Å². The van der Waals surface area contributed by atoms with Gasteiger partial charge in [-0.3, -0.25) is 9.59 Å². The van der Waals surface area contributed by atoms with Gasteiger partial charge in [-0.05, 0) is 42.7 Å². The Labute approximate surface area is 223 Å². The SMILES string of the molecule is CN(Cc1ccccc1)C(=O)CN1CN(c2ccccc2)C2(CCN(C(=O)Nc3ccccc3)CC2)C1=O. The summed E-state index contributed by atoms with van der Waals surface area (Å²) in [4.78, 5) is 47.2. The number of nitrogens with one attached hydrogen (secondary N) is 1. The van der Waals surface area contributed by atoms with Gasteiger partial charge in [-0.2, -0.15) is 0 Å². The number of piperidine rings is 1. The Hall–Kier alpha value is -4.33. The number of carbonyl (C=O) groups excluding carboxylic acids is 3. The molecule has 2 saturated heterocycles. The summed E-state index contributed by atoms with van der Waals surface area (Å²) in [7, 11) is 1.77. The number of para-hydroxylation sites is 2. The Morgan fingerprint density at radius 3 is 2.08 bits per heavy atom. The third kappa shape index (κ3) is 5.20. The number of likely N-dealkylation sites (N-methyl/N-ethyl adjacent to an activating group) is 1. The quantitative estimate of drug-likeness (QED) is 0.543. The summed E-state index contributed by atoms with van der Waals surface area (Å²) in [6, 6.07) is 28.9.